The van der Waals surface area contributed by atoms with Crippen LogP contribution in [0.4, 0.5) is 10.5 Å². The number of carbonyl (C=O) groups is 1. The molecule has 1 atom stereocenters. The minimum absolute atomic E-state index is 0.0234. The van der Waals surface area contributed by atoms with Crippen molar-refractivity contribution in [1.29, 1.82) is 0 Å². The van der Waals surface area contributed by atoms with Crippen LogP contribution in [0.15, 0.2) is 35.7 Å². The molecule has 2 aromatic rings. The largest absolute Gasteiger partial charge is 0.322 e. The SMILES string of the molecule is Cc1cc(C)cc(NC(=O)N2CCCCCC2c2cccs2)c1. The Morgan fingerprint density at radius 3 is 2.65 bits per heavy atom. The number of rotatable bonds is 2. The van der Waals surface area contributed by atoms with Crippen molar-refractivity contribution in [2.45, 2.75) is 45.6 Å². The Morgan fingerprint density at radius 2 is 1.96 bits per heavy atom. The Hall–Kier alpha value is -1.81. The van der Waals surface area contributed by atoms with Crippen LogP contribution in [0, 0.1) is 13.8 Å². The van der Waals surface area contributed by atoms with E-state index in [1.165, 1.54) is 28.8 Å². The fraction of sp³-hybridized carbons (Fsp3) is 0.421. The maximum absolute atomic E-state index is 12.9. The second-order valence-electron chi connectivity index (χ2n) is 6.38. The molecule has 1 aromatic carbocycles. The summed E-state index contributed by atoms with van der Waals surface area (Å²) >= 11 is 1.75. The van der Waals surface area contributed by atoms with Gasteiger partial charge in [-0.25, -0.2) is 4.79 Å². The van der Waals surface area contributed by atoms with Crippen LogP contribution in [0.25, 0.3) is 0 Å². The van der Waals surface area contributed by atoms with Gasteiger partial charge in [0.05, 0.1) is 6.04 Å². The molecule has 2 amide bonds. The van der Waals surface area contributed by atoms with Crippen molar-refractivity contribution in [3.8, 4) is 0 Å². The van der Waals surface area contributed by atoms with Crippen LogP contribution in [0.2, 0.25) is 0 Å². The summed E-state index contributed by atoms with van der Waals surface area (Å²) in [5, 5.41) is 5.20. The summed E-state index contributed by atoms with van der Waals surface area (Å²) in [7, 11) is 0. The monoisotopic (exact) mass is 328 g/mol. The van der Waals surface area contributed by atoms with Crippen molar-refractivity contribution in [3.63, 3.8) is 0 Å². The molecular formula is C19H24N2OS. The lowest BCUT2D eigenvalue weighted by Crippen LogP contribution is -2.37. The van der Waals surface area contributed by atoms with Crippen LogP contribution in [0.1, 0.15) is 47.7 Å². The number of nitrogens with zero attached hydrogens (tertiary/aromatic N) is 1. The van der Waals surface area contributed by atoms with Crippen LogP contribution in [-0.2, 0) is 0 Å². The van der Waals surface area contributed by atoms with Gasteiger partial charge in [0.1, 0.15) is 0 Å². The van der Waals surface area contributed by atoms with Gasteiger partial charge >= 0.3 is 6.03 Å². The van der Waals surface area contributed by atoms with E-state index >= 15 is 0 Å². The smallest absolute Gasteiger partial charge is 0.317 e. The van der Waals surface area contributed by atoms with Crippen molar-refractivity contribution >= 4 is 23.1 Å². The molecule has 4 heteroatoms. The molecule has 0 saturated carbocycles. The number of hydrogen-bond acceptors (Lipinski definition) is 2. The normalized spacial score (nSPS) is 18.5. The third-order valence-corrected chi connectivity index (χ3v) is 5.33. The van der Waals surface area contributed by atoms with E-state index in [4.69, 9.17) is 0 Å². The Balaban J connectivity index is 1.80. The summed E-state index contributed by atoms with van der Waals surface area (Å²) in [5.74, 6) is 0. The van der Waals surface area contributed by atoms with E-state index in [9.17, 15) is 4.79 Å². The fourth-order valence-corrected chi connectivity index (χ4v) is 4.24. The number of carbonyl (C=O) groups excluding carboxylic acids is 1. The number of thiophene rings is 1. The van der Waals surface area contributed by atoms with E-state index < -0.39 is 0 Å². The molecule has 0 radical (unpaired) electrons. The Morgan fingerprint density at radius 1 is 1.17 bits per heavy atom. The van der Waals surface area contributed by atoms with Gasteiger partial charge in [0.15, 0.2) is 0 Å². The molecule has 3 rings (SSSR count). The van der Waals surface area contributed by atoms with Gasteiger partial charge < -0.3 is 10.2 Å². The number of urea groups is 1. The highest BCUT2D eigenvalue weighted by Crippen LogP contribution is 2.33. The third-order valence-electron chi connectivity index (χ3n) is 4.36. The summed E-state index contributed by atoms with van der Waals surface area (Å²) in [4.78, 5) is 16.2. The van der Waals surface area contributed by atoms with Gasteiger partial charge in [-0.05, 0) is 61.4 Å². The number of likely N-dealkylation sites (tertiary alicyclic amines) is 1. The zero-order valence-corrected chi connectivity index (χ0v) is 14.7. The standard InChI is InChI=1S/C19H24N2OS/c1-14-11-15(2)13-16(12-14)20-19(22)21-9-5-3-4-7-17(21)18-8-6-10-23-18/h6,8,10-13,17H,3-5,7,9H2,1-2H3,(H,20,22). The van der Waals surface area contributed by atoms with Crippen LogP contribution in [0.3, 0.4) is 0 Å². The zero-order valence-electron chi connectivity index (χ0n) is 13.8. The molecule has 1 unspecified atom stereocenters. The third kappa shape index (κ3) is 3.94. The molecule has 1 saturated heterocycles. The summed E-state index contributed by atoms with van der Waals surface area (Å²) in [5.41, 5.74) is 3.23. The van der Waals surface area contributed by atoms with Crippen LogP contribution < -0.4 is 5.32 Å². The van der Waals surface area contributed by atoms with Gasteiger partial charge in [0, 0.05) is 17.1 Å². The number of hydrogen-bond donors (Lipinski definition) is 1. The zero-order chi connectivity index (χ0) is 16.2. The molecule has 3 nitrogen and oxygen atoms in total. The van der Waals surface area contributed by atoms with Crippen LogP contribution in [-0.4, -0.2) is 17.5 Å². The lowest BCUT2D eigenvalue weighted by molar-refractivity contribution is 0.190. The van der Waals surface area contributed by atoms with E-state index in [0.717, 1.165) is 25.1 Å². The molecule has 0 aliphatic carbocycles. The van der Waals surface area contributed by atoms with Gasteiger partial charge in [0.2, 0.25) is 0 Å². The molecule has 0 bridgehead atoms. The second-order valence-corrected chi connectivity index (χ2v) is 7.36. The summed E-state index contributed by atoms with van der Waals surface area (Å²) < 4.78 is 0. The molecule has 1 N–H and O–H groups in total. The van der Waals surface area contributed by atoms with E-state index in [1.807, 2.05) is 17.0 Å². The van der Waals surface area contributed by atoms with Crippen molar-refractivity contribution in [1.82, 2.24) is 4.90 Å². The highest BCUT2D eigenvalue weighted by atomic mass is 32.1. The first-order valence-corrected chi connectivity index (χ1v) is 9.21. The molecule has 2 heterocycles. The van der Waals surface area contributed by atoms with Gasteiger partial charge in [-0.3, -0.25) is 0 Å². The van der Waals surface area contributed by atoms with E-state index in [2.05, 4.69) is 42.7 Å². The van der Waals surface area contributed by atoms with Gasteiger partial charge in [-0.15, -0.1) is 11.3 Å². The molecule has 0 spiro atoms. The lowest BCUT2D eigenvalue weighted by atomic mass is 10.1. The maximum Gasteiger partial charge on any atom is 0.322 e. The number of aryl methyl sites for hydroxylation is 2. The van der Waals surface area contributed by atoms with Crippen molar-refractivity contribution in [2.75, 3.05) is 11.9 Å². The number of anilines is 1. The predicted molar refractivity (Wildman–Crippen MR) is 97.2 cm³/mol. The number of amides is 2. The van der Waals surface area contributed by atoms with Crippen LogP contribution in [0.5, 0.6) is 0 Å². The Bertz CT molecular complexity index is 646. The van der Waals surface area contributed by atoms with E-state index in [1.54, 1.807) is 11.3 Å². The molecule has 1 aromatic heterocycles. The van der Waals surface area contributed by atoms with Crippen molar-refractivity contribution in [3.05, 3.63) is 51.7 Å². The second kappa shape index (κ2) is 7.18. The summed E-state index contributed by atoms with van der Waals surface area (Å²) in [6, 6.07) is 10.6. The van der Waals surface area contributed by atoms with Gasteiger partial charge in [-0.2, -0.15) is 0 Å². The molecule has 122 valence electrons. The van der Waals surface area contributed by atoms with E-state index in [-0.39, 0.29) is 12.1 Å². The first-order valence-electron chi connectivity index (χ1n) is 8.33. The molecule has 1 fully saturated rings. The quantitative estimate of drug-likeness (QED) is 0.774. The topological polar surface area (TPSA) is 32.3 Å². The summed E-state index contributed by atoms with van der Waals surface area (Å²) in [6.45, 7) is 4.95. The first-order chi connectivity index (χ1) is 11.1. The molecule has 1 aliphatic rings. The highest BCUT2D eigenvalue weighted by molar-refractivity contribution is 7.10. The minimum Gasteiger partial charge on any atom is -0.317 e. The predicted octanol–water partition coefficient (Wildman–Crippen LogP) is 5.51. The first kappa shape index (κ1) is 16.1. The van der Waals surface area contributed by atoms with E-state index in [0.29, 0.717) is 0 Å². The maximum atomic E-state index is 12.9. The number of benzene rings is 1. The average molecular weight is 328 g/mol. The number of nitrogens with one attached hydrogen (secondary N) is 1. The Labute approximate surface area is 142 Å². The van der Waals surface area contributed by atoms with Crippen LogP contribution >= 0.6 is 11.3 Å². The van der Waals surface area contributed by atoms with Crippen molar-refractivity contribution in [2.24, 2.45) is 0 Å². The molecular weight excluding hydrogens is 304 g/mol. The average Bonchev–Trinajstić information content (AvgIpc) is 2.90. The highest BCUT2D eigenvalue weighted by Gasteiger charge is 2.27. The van der Waals surface area contributed by atoms with Gasteiger partial charge in [-0.1, -0.05) is 25.0 Å². The minimum atomic E-state index is 0.0234. The molecule has 23 heavy (non-hydrogen) atoms. The van der Waals surface area contributed by atoms with Gasteiger partial charge in [0.25, 0.3) is 0 Å². The Kier molecular flexibility index (Phi) is 5.01. The van der Waals surface area contributed by atoms with Crippen molar-refractivity contribution < 1.29 is 4.79 Å². The molecule has 1 aliphatic heterocycles. The summed E-state index contributed by atoms with van der Waals surface area (Å²) in [6.07, 6.45) is 4.54. The lowest BCUT2D eigenvalue weighted by Gasteiger charge is -2.29. The fourth-order valence-electron chi connectivity index (χ4n) is 3.37.